The van der Waals surface area contributed by atoms with Crippen LogP contribution in [0.1, 0.15) is 30.2 Å². The largest absolute Gasteiger partial charge is 0.491 e. The number of aromatic nitrogens is 3. The van der Waals surface area contributed by atoms with Crippen LogP contribution in [0, 0.1) is 0 Å². The van der Waals surface area contributed by atoms with Crippen LogP contribution in [-0.2, 0) is 30.8 Å². The summed E-state index contributed by atoms with van der Waals surface area (Å²) in [6, 6.07) is 19.2. The Hall–Kier alpha value is -3.87. The maximum Gasteiger partial charge on any atom is 0.307 e. The molecule has 7 heteroatoms. The number of pyridine rings is 1. The van der Waals surface area contributed by atoms with E-state index in [1.807, 2.05) is 59.4 Å². The molecule has 0 aliphatic heterocycles. The van der Waals surface area contributed by atoms with Gasteiger partial charge in [-0.3, -0.25) is 9.48 Å². The normalized spacial score (nSPS) is 10.9. The summed E-state index contributed by atoms with van der Waals surface area (Å²) in [5.41, 5.74) is 3.50. The first-order valence-corrected chi connectivity index (χ1v) is 11.1. The van der Waals surface area contributed by atoms with Gasteiger partial charge in [-0.1, -0.05) is 55.8 Å². The van der Waals surface area contributed by atoms with Gasteiger partial charge in [0.2, 0.25) is 5.88 Å². The second-order valence-corrected chi connectivity index (χ2v) is 7.78. The fourth-order valence-electron chi connectivity index (χ4n) is 3.66. The number of benzene rings is 2. The highest BCUT2D eigenvalue weighted by molar-refractivity contribution is 5.78. The first kappa shape index (κ1) is 22.3. The molecule has 0 radical (unpaired) electrons. The lowest BCUT2D eigenvalue weighted by Gasteiger charge is -2.10. The zero-order chi connectivity index (χ0) is 23.0. The van der Waals surface area contributed by atoms with E-state index in [-0.39, 0.29) is 6.42 Å². The van der Waals surface area contributed by atoms with Crippen LogP contribution < -0.4 is 9.47 Å². The molecule has 0 saturated heterocycles. The van der Waals surface area contributed by atoms with Gasteiger partial charge in [-0.25, -0.2) is 4.98 Å². The number of hydrogen-bond acceptors (Lipinski definition) is 5. The van der Waals surface area contributed by atoms with Crippen molar-refractivity contribution in [2.24, 2.45) is 0 Å². The van der Waals surface area contributed by atoms with Crippen LogP contribution in [0.3, 0.4) is 0 Å². The topological polar surface area (TPSA) is 86.5 Å². The second kappa shape index (κ2) is 10.6. The van der Waals surface area contributed by atoms with Crippen LogP contribution in [0.15, 0.2) is 66.9 Å². The van der Waals surface area contributed by atoms with Crippen LogP contribution in [-0.4, -0.2) is 32.4 Å². The molecule has 170 valence electrons. The fourth-order valence-corrected chi connectivity index (χ4v) is 3.66. The molecule has 2 aromatic heterocycles. The van der Waals surface area contributed by atoms with Gasteiger partial charge in [-0.15, -0.1) is 5.10 Å². The summed E-state index contributed by atoms with van der Waals surface area (Å²) in [5.74, 6) is 0.308. The molecule has 0 amide bonds. The number of nitrogens with zero attached hydrogens (tertiary/aromatic N) is 3. The molecule has 0 atom stereocenters. The third-order valence-corrected chi connectivity index (χ3v) is 5.22. The molecule has 7 nitrogen and oxygen atoms in total. The number of carboxylic acid groups (broad SMARTS) is 1. The van der Waals surface area contributed by atoms with Crippen molar-refractivity contribution in [2.75, 3.05) is 6.61 Å². The lowest BCUT2D eigenvalue weighted by atomic mass is 10.1. The van der Waals surface area contributed by atoms with Crippen molar-refractivity contribution in [3.05, 3.63) is 83.7 Å². The summed E-state index contributed by atoms with van der Waals surface area (Å²) in [7, 11) is 0. The Balaban J connectivity index is 1.39. The molecule has 4 aromatic rings. The summed E-state index contributed by atoms with van der Waals surface area (Å²) < 4.78 is 13.7. The zero-order valence-electron chi connectivity index (χ0n) is 18.6. The molecule has 2 aromatic carbocycles. The second-order valence-electron chi connectivity index (χ2n) is 7.78. The highest BCUT2D eigenvalue weighted by atomic mass is 16.5. The number of para-hydroxylation sites is 2. The van der Waals surface area contributed by atoms with Gasteiger partial charge in [0, 0.05) is 22.7 Å². The molecule has 0 unspecified atom stereocenters. The van der Waals surface area contributed by atoms with Gasteiger partial charge in [0.1, 0.15) is 19.0 Å². The number of rotatable bonds is 11. The van der Waals surface area contributed by atoms with Gasteiger partial charge in [0.25, 0.3) is 0 Å². The number of aryl methyl sites for hydroxylation is 1. The Morgan fingerprint density at radius 2 is 1.82 bits per heavy atom. The molecule has 0 saturated carbocycles. The minimum atomic E-state index is -0.884. The SMILES string of the molecule is CCCc1cn(CCOc2ccccc2CC(=O)O)nc1OCc1ccc2ccccc2n1. The molecule has 1 N–H and O–H groups in total. The van der Waals surface area contributed by atoms with E-state index < -0.39 is 5.97 Å². The van der Waals surface area contributed by atoms with Crippen molar-refractivity contribution >= 4 is 16.9 Å². The summed E-state index contributed by atoms with van der Waals surface area (Å²) in [4.78, 5) is 15.7. The lowest BCUT2D eigenvalue weighted by molar-refractivity contribution is -0.136. The van der Waals surface area contributed by atoms with Crippen molar-refractivity contribution in [1.82, 2.24) is 14.8 Å². The van der Waals surface area contributed by atoms with Gasteiger partial charge in [0.15, 0.2) is 0 Å². The zero-order valence-corrected chi connectivity index (χ0v) is 18.6. The Bertz CT molecular complexity index is 1240. The summed E-state index contributed by atoms with van der Waals surface area (Å²) in [5, 5.41) is 14.8. The molecule has 0 aliphatic carbocycles. The molecule has 33 heavy (non-hydrogen) atoms. The van der Waals surface area contributed by atoms with Crippen LogP contribution in [0.2, 0.25) is 0 Å². The Morgan fingerprint density at radius 3 is 2.67 bits per heavy atom. The first-order chi connectivity index (χ1) is 16.1. The van der Waals surface area contributed by atoms with Crippen molar-refractivity contribution < 1.29 is 19.4 Å². The molecule has 0 aliphatic rings. The quantitative estimate of drug-likeness (QED) is 0.361. The third kappa shape index (κ3) is 5.88. The van der Waals surface area contributed by atoms with Gasteiger partial charge >= 0.3 is 5.97 Å². The number of ether oxygens (including phenoxy) is 2. The summed E-state index contributed by atoms with van der Waals surface area (Å²) >= 11 is 0. The van der Waals surface area contributed by atoms with Gasteiger partial charge in [0.05, 0.1) is 24.2 Å². The third-order valence-electron chi connectivity index (χ3n) is 5.22. The van der Waals surface area contributed by atoms with E-state index in [9.17, 15) is 4.79 Å². The van der Waals surface area contributed by atoms with Crippen LogP contribution in [0.25, 0.3) is 10.9 Å². The molecule has 2 heterocycles. The monoisotopic (exact) mass is 445 g/mol. The van der Waals surface area contributed by atoms with Gasteiger partial charge in [-0.2, -0.15) is 0 Å². The van der Waals surface area contributed by atoms with Crippen molar-refractivity contribution in [1.29, 1.82) is 0 Å². The Kier molecular flexibility index (Phi) is 7.19. The standard InChI is InChI=1S/C26H27N3O4/c1-2-7-21-17-29(14-15-32-24-11-6-4-9-20(24)16-25(30)31)28-26(21)33-18-22-13-12-19-8-3-5-10-23(19)27-22/h3-6,8-13,17H,2,7,14-16,18H2,1H3,(H,30,31). The van der Waals surface area contributed by atoms with E-state index in [1.165, 1.54) is 0 Å². The van der Waals surface area contributed by atoms with E-state index in [1.54, 1.807) is 12.1 Å². The minimum Gasteiger partial charge on any atom is -0.491 e. The fraction of sp³-hybridized carbons (Fsp3) is 0.269. The van der Waals surface area contributed by atoms with E-state index in [4.69, 9.17) is 14.6 Å². The van der Waals surface area contributed by atoms with E-state index in [0.717, 1.165) is 35.0 Å². The van der Waals surface area contributed by atoms with E-state index in [2.05, 4.69) is 17.0 Å². The highest BCUT2D eigenvalue weighted by Gasteiger charge is 2.12. The maximum atomic E-state index is 11.1. The van der Waals surface area contributed by atoms with Crippen LogP contribution >= 0.6 is 0 Å². The molecule has 0 spiro atoms. The van der Waals surface area contributed by atoms with Crippen molar-refractivity contribution in [3.8, 4) is 11.6 Å². The molecule has 0 bridgehead atoms. The number of hydrogen-bond donors (Lipinski definition) is 1. The van der Waals surface area contributed by atoms with Gasteiger partial charge in [-0.05, 0) is 24.6 Å². The first-order valence-electron chi connectivity index (χ1n) is 11.1. The lowest BCUT2D eigenvalue weighted by Crippen LogP contribution is -2.11. The Labute approximate surface area is 192 Å². The van der Waals surface area contributed by atoms with Crippen LogP contribution in [0.5, 0.6) is 11.6 Å². The predicted octanol–water partition coefficient (Wildman–Crippen LogP) is 4.67. The smallest absolute Gasteiger partial charge is 0.307 e. The molecule has 4 rings (SSSR count). The average Bonchev–Trinajstić information content (AvgIpc) is 3.20. The Morgan fingerprint density at radius 1 is 1.00 bits per heavy atom. The summed E-state index contributed by atoms with van der Waals surface area (Å²) in [6.07, 6.45) is 3.76. The molecular weight excluding hydrogens is 418 g/mol. The number of fused-ring (bicyclic) bond motifs is 1. The van der Waals surface area contributed by atoms with E-state index in [0.29, 0.717) is 37.0 Å². The maximum absolute atomic E-state index is 11.1. The number of carbonyl (C=O) groups is 1. The van der Waals surface area contributed by atoms with E-state index >= 15 is 0 Å². The van der Waals surface area contributed by atoms with Crippen molar-refractivity contribution in [2.45, 2.75) is 39.3 Å². The van der Waals surface area contributed by atoms with Gasteiger partial charge < -0.3 is 14.6 Å². The number of carboxylic acids is 1. The molecular formula is C26H27N3O4. The minimum absolute atomic E-state index is 0.0701. The van der Waals surface area contributed by atoms with Crippen molar-refractivity contribution in [3.63, 3.8) is 0 Å². The average molecular weight is 446 g/mol. The van der Waals surface area contributed by atoms with Crippen LogP contribution in [0.4, 0.5) is 0 Å². The summed E-state index contributed by atoms with van der Waals surface area (Å²) in [6.45, 7) is 3.36. The molecule has 0 fully saturated rings. The predicted molar refractivity (Wildman–Crippen MR) is 126 cm³/mol. The highest BCUT2D eigenvalue weighted by Crippen LogP contribution is 2.21. The number of aliphatic carboxylic acids is 1.